The minimum Gasteiger partial charge on any atom is -0.454 e. The number of hydrogen-bond donors (Lipinski definition) is 1. The monoisotopic (exact) mass is 386 g/mol. The van der Waals surface area contributed by atoms with Crippen molar-refractivity contribution in [2.45, 2.75) is 57.9 Å². The van der Waals surface area contributed by atoms with Gasteiger partial charge in [0.25, 0.3) is 0 Å². The fourth-order valence-electron chi connectivity index (χ4n) is 4.55. The van der Waals surface area contributed by atoms with Crippen molar-refractivity contribution in [3.63, 3.8) is 0 Å². The quantitative estimate of drug-likeness (QED) is 0.844. The molecule has 0 bridgehead atoms. The van der Waals surface area contributed by atoms with E-state index >= 15 is 0 Å². The highest BCUT2D eigenvalue weighted by atomic mass is 16.7. The molecule has 2 fully saturated rings. The fraction of sp³-hybridized carbons (Fsp3) is 0.636. The Balaban J connectivity index is 1.18. The lowest BCUT2D eigenvalue weighted by Gasteiger charge is -2.35. The number of likely N-dealkylation sites (tertiary alicyclic amines) is 1. The smallest absolute Gasteiger partial charge is 0.231 e. The molecule has 1 aliphatic carbocycles. The molecular formula is C22H30N2O4. The standard InChI is InChI=1S/C22H30N2O4/c25-21(23-14-17-6-7-19-20(12-17)28-15-27-19)13-16-8-10-24(11-9-16)22(26)18-4-2-1-3-5-18/h6-7,12,16,18H,1-5,8-11,13-15H2,(H,23,25). The molecule has 152 valence electrons. The van der Waals surface area contributed by atoms with Crippen LogP contribution >= 0.6 is 0 Å². The summed E-state index contributed by atoms with van der Waals surface area (Å²) in [6.45, 7) is 2.35. The van der Waals surface area contributed by atoms with E-state index in [4.69, 9.17) is 9.47 Å². The second-order valence-corrected chi connectivity index (χ2v) is 8.27. The number of carbonyl (C=O) groups is 2. The van der Waals surface area contributed by atoms with Crippen LogP contribution < -0.4 is 14.8 Å². The van der Waals surface area contributed by atoms with E-state index in [2.05, 4.69) is 5.32 Å². The number of nitrogens with zero attached hydrogens (tertiary/aromatic N) is 1. The molecule has 0 unspecified atom stereocenters. The van der Waals surface area contributed by atoms with Gasteiger partial charge in [0.2, 0.25) is 18.6 Å². The van der Waals surface area contributed by atoms with E-state index in [0.29, 0.717) is 24.8 Å². The highest BCUT2D eigenvalue weighted by Gasteiger charge is 2.29. The van der Waals surface area contributed by atoms with Gasteiger partial charge in [0.05, 0.1) is 0 Å². The number of hydrogen-bond acceptors (Lipinski definition) is 4. The zero-order chi connectivity index (χ0) is 19.3. The lowest BCUT2D eigenvalue weighted by molar-refractivity contribution is -0.138. The summed E-state index contributed by atoms with van der Waals surface area (Å²) in [7, 11) is 0. The summed E-state index contributed by atoms with van der Waals surface area (Å²) in [4.78, 5) is 27.0. The molecule has 3 aliphatic rings. The molecule has 0 aromatic heterocycles. The predicted molar refractivity (Wildman–Crippen MR) is 105 cm³/mol. The summed E-state index contributed by atoms with van der Waals surface area (Å²) in [5.74, 6) is 2.54. The van der Waals surface area contributed by atoms with E-state index in [1.165, 1.54) is 19.3 Å². The Kier molecular flexibility index (Phi) is 6.03. The third kappa shape index (κ3) is 4.59. The van der Waals surface area contributed by atoms with Crippen LogP contribution in [0.5, 0.6) is 11.5 Å². The molecule has 2 amide bonds. The first-order valence-corrected chi connectivity index (χ1v) is 10.6. The van der Waals surface area contributed by atoms with E-state index in [1.807, 2.05) is 23.1 Å². The van der Waals surface area contributed by atoms with Crippen molar-refractivity contribution in [3.05, 3.63) is 23.8 Å². The summed E-state index contributed by atoms with van der Waals surface area (Å²) < 4.78 is 10.7. The Morgan fingerprint density at radius 2 is 1.75 bits per heavy atom. The average Bonchev–Trinajstić information content (AvgIpc) is 3.21. The van der Waals surface area contributed by atoms with Gasteiger partial charge in [-0.25, -0.2) is 0 Å². The molecule has 0 spiro atoms. The summed E-state index contributed by atoms with van der Waals surface area (Å²) in [6, 6.07) is 5.74. The van der Waals surface area contributed by atoms with Gasteiger partial charge in [-0.3, -0.25) is 9.59 Å². The maximum absolute atomic E-state index is 12.6. The number of ether oxygens (including phenoxy) is 2. The van der Waals surface area contributed by atoms with Gasteiger partial charge in [-0.2, -0.15) is 0 Å². The zero-order valence-electron chi connectivity index (χ0n) is 16.5. The lowest BCUT2D eigenvalue weighted by atomic mass is 9.87. The van der Waals surface area contributed by atoms with Gasteiger partial charge in [-0.15, -0.1) is 0 Å². The van der Waals surface area contributed by atoms with Gasteiger partial charge in [0, 0.05) is 32.0 Å². The van der Waals surface area contributed by atoms with Crippen molar-refractivity contribution in [2.24, 2.45) is 11.8 Å². The van der Waals surface area contributed by atoms with Crippen LogP contribution in [0, 0.1) is 11.8 Å². The number of fused-ring (bicyclic) bond motifs is 1. The number of piperidine rings is 1. The molecule has 1 aromatic rings. The van der Waals surface area contributed by atoms with Gasteiger partial charge in [0.1, 0.15) is 0 Å². The van der Waals surface area contributed by atoms with Crippen molar-refractivity contribution >= 4 is 11.8 Å². The molecular weight excluding hydrogens is 356 g/mol. The van der Waals surface area contributed by atoms with E-state index in [-0.39, 0.29) is 18.6 Å². The van der Waals surface area contributed by atoms with Crippen molar-refractivity contribution < 1.29 is 19.1 Å². The molecule has 28 heavy (non-hydrogen) atoms. The average molecular weight is 386 g/mol. The third-order valence-corrected chi connectivity index (χ3v) is 6.28. The molecule has 6 heteroatoms. The third-order valence-electron chi connectivity index (χ3n) is 6.28. The molecule has 2 heterocycles. The Bertz CT molecular complexity index is 706. The minimum atomic E-state index is 0.0784. The van der Waals surface area contributed by atoms with Crippen LogP contribution in [0.15, 0.2) is 18.2 Å². The maximum atomic E-state index is 12.6. The van der Waals surface area contributed by atoms with Crippen molar-refractivity contribution in [2.75, 3.05) is 19.9 Å². The molecule has 1 saturated carbocycles. The number of carbonyl (C=O) groups excluding carboxylic acids is 2. The van der Waals surface area contributed by atoms with Crippen LogP contribution in [0.1, 0.15) is 56.9 Å². The van der Waals surface area contributed by atoms with Gasteiger partial charge < -0.3 is 19.7 Å². The number of nitrogens with one attached hydrogen (secondary N) is 1. The van der Waals surface area contributed by atoms with Crippen molar-refractivity contribution in [1.82, 2.24) is 10.2 Å². The van der Waals surface area contributed by atoms with Crippen LogP contribution in [-0.2, 0) is 16.1 Å². The maximum Gasteiger partial charge on any atom is 0.231 e. The van der Waals surface area contributed by atoms with Crippen molar-refractivity contribution in [1.29, 1.82) is 0 Å². The molecule has 1 N–H and O–H groups in total. The molecule has 1 aromatic carbocycles. The highest BCUT2D eigenvalue weighted by molar-refractivity contribution is 5.79. The van der Waals surface area contributed by atoms with Crippen LogP contribution in [0.4, 0.5) is 0 Å². The molecule has 6 nitrogen and oxygen atoms in total. The number of amides is 2. The topological polar surface area (TPSA) is 67.9 Å². The first kappa shape index (κ1) is 19.1. The van der Waals surface area contributed by atoms with Crippen LogP contribution in [0.2, 0.25) is 0 Å². The normalized spacial score (nSPS) is 20.2. The molecule has 1 saturated heterocycles. The van der Waals surface area contributed by atoms with E-state index < -0.39 is 0 Å². The summed E-state index contributed by atoms with van der Waals surface area (Å²) >= 11 is 0. The summed E-state index contributed by atoms with van der Waals surface area (Å²) in [5, 5.41) is 3.01. The van der Waals surface area contributed by atoms with Gasteiger partial charge in [-0.05, 0) is 49.3 Å². The molecule has 2 aliphatic heterocycles. The summed E-state index contributed by atoms with van der Waals surface area (Å²) in [5.41, 5.74) is 1.01. The second kappa shape index (κ2) is 8.84. The number of benzene rings is 1. The fourth-order valence-corrected chi connectivity index (χ4v) is 4.55. The minimum absolute atomic E-state index is 0.0784. The largest absolute Gasteiger partial charge is 0.454 e. The Morgan fingerprint density at radius 3 is 2.54 bits per heavy atom. The molecule has 4 rings (SSSR count). The molecule has 0 radical (unpaired) electrons. The Hall–Kier alpha value is -2.24. The van der Waals surface area contributed by atoms with Crippen molar-refractivity contribution in [3.8, 4) is 11.5 Å². The lowest BCUT2D eigenvalue weighted by Crippen LogP contribution is -2.43. The first-order valence-electron chi connectivity index (χ1n) is 10.6. The molecule has 0 atom stereocenters. The van der Waals surface area contributed by atoms with Crippen LogP contribution in [0.3, 0.4) is 0 Å². The van der Waals surface area contributed by atoms with Gasteiger partial charge >= 0.3 is 0 Å². The summed E-state index contributed by atoms with van der Waals surface area (Å²) in [6.07, 6.45) is 8.16. The number of rotatable bonds is 5. The van der Waals surface area contributed by atoms with E-state index in [1.54, 1.807) is 0 Å². The van der Waals surface area contributed by atoms with Crippen LogP contribution in [-0.4, -0.2) is 36.6 Å². The predicted octanol–water partition coefficient (Wildman–Crippen LogP) is 3.24. The SMILES string of the molecule is O=C(CC1CCN(C(=O)C2CCCCC2)CC1)NCc1ccc2c(c1)OCO2. The van der Waals surface area contributed by atoms with Gasteiger partial charge in [0.15, 0.2) is 11.5 Å². The zero-order valence-corrected chi connectivity index (χ0v) is 16.5. The van der Waals surface area contributed by atoms with Crippen LogP contribution in [0.25, 0.3) is 0 Å². The second-order valence-electron chi connectivity index (χ2n) is 8.27. The van der Waals surface area contributed by atoms with E-state index in [9.17, 15) is 9.59 Å². The highest BCUT2D eigenvalue weighted by Crippen LogP contribution is 2.32. The Morgan fingerprint density at radius 1 is 1.00 bits per heavy atom. The first-order chi connectivity index (χ1) is 13.7. The Labute approximate surface area is 166 Å². The van der Waals surface area contributed by atoms with E-state index in [0.717, 1.165) is 55.8 Å². The van der Waals surface area contributed by atoms with Gasteiger partial charge in [-0.1, -0.05) is 25.3 Å².